The Hall–Kier alpha value is -1.74. The van der Waals surface area contributed by atoms with E-state index >= 15 is 0 Å². The molecule has 0 spiro atoms. The van der Waals surface area contributed by atoms with Crippen LogP contribution in [0.15, 0.2) is 59.5 Å². The number of carbonyl (C=O) groups excluding carboxylic acids is 1. The summed E-state index contributed by atoms with van der Waals surface area (Å²) in [5.74, 6) is 1.36. The van der Waals surface area contributed by atoms with Crippen molar-refractivity contribution < 1.29 is 9.53 Å². The first-order valence-electron chi connectivity index (χ1n) is 6.10. The summed E-state index contributed by atoms with van der Waals surface area (Å²) in [4.78, 5) is 12.1. The number of hydrogen-bond donors (Lipinski definition) is 0. The van der Waals surface area contributed by atoms with Gasteiger partial charge < -0.3 is 4.74 Å². The van der Waals surface area contributed by atoms with E-state index in [0.717, 1.165) is 5.75 Å². The maximum atomic E-state index is 10.9. The molecule has 0 aliphatic heterocycles. The lowest BCUT2D eigenvalue weighted by Crippen LogP contribution is -2.05. The van der Waals surface area contributed by atoms with Crippen LogP contribution in [0.2, 0.25) is 0 Å². The highest BCUT2D eigenvalue weighted by Crippen LogP contribution is 2.20. The van der Waals surface area contributed by atoms with E-state index in [9.17, 15) is 4.79 Å². The Morgan fingerprint density at radius 1 is 1.05 bits per heavy atom. The van der Waals surface area contributed by atoms with E-state index in [0.29, 0.717) is 5.75 Å². The van der Waals surface area contributed by atoms with Crippen molar-refractivity contribution in [1.29, 1.82) is 0 Å². The van der Waals surface area contributed by atoms with Gasteiger partial charge in [-0.25, -0.2) is 0 Å². The first-order valence-corrected chi connectivity index (χ1v) is 7.90. The van der Waals surface area contributed by atoms with E-state index in [4.69, 9.17) is 4.74 Å². The van der Waals surface area contributed by atoms with Gasteiger partial charge in [-0.2, -0.15) is 0 Å². The van der Waals surface area contributed by atoms with E-state index in [1.54, 1.807) is 0 Å². The minimum Gasteiger partial charge on any atom is -0.427 e. The van der Waals surface area contributed by atoms with Crippen LogP contribution in [0.4, 0.5) is 0 Å². The Bertz CT molecular complexity index is 534. The lowest BCUT2D eigenvalue weighted by Gasteiger charge is -2.05. The van der Waals surface area contributed by atoms with Crippen LogP contribution in [0, 0.1) is 0 Å². The molecule has 2 rings (SSSR count). The second-order valence-corrected chi connectivity index (χ2v) is 6.37. The molecule has 0 heterocycles. The zero-order valence-electron chi connectivity index (χ0n) is 11.1. The summed E-state index contributed by atoms with van der Waals surface area (Å²) in [7, 11) is 0.154. The fourth-order valence-corrected chi connectivity index (χ4v) is 3.27. The second kappa shape index (κ2) is 6.43. The number of ether oxygens (including phenoxy) is 1. The molecule has 0 N–H and O–H groups in total. The van der Waals surface area contributed by atoms with Gasteiger partial charge in [0.2, 0.25) is 0 Å². The molecule has 0 amide bonds. The Balaban J connectivity index is 2.03. The maximum Gasteiger partial charge on any atom is 0.308 e. The smallest absolute Gasteiger partial charge is 0.308 e. The van der Waals surface area contributed by atoms with Crippen LogP contribution in [0.5, 0.6) is 5.75 Å². The molecule has 0 saturated carbocycles. The van der Waals surface area contributed by atoms with Crippen molar-refractivity contribution in [3.63, 3.8) is 0 Å². The van der Waals surface area contributed by atoms with Crippen LogP contribution in [0.1, 0.15) is 12.5 Å². The summed E-state index contributed by atoms with van der Waals surface area (Å²) in [5, 5.41) is 0. The molecule has 0 fully saturated rings. The average Bonchev–Trinajstić information content (AvgIpc) is 2.40. The Morgan fingerprint density at radius 3 is 2.26 bits per heavy atom. The normalized spacial score (nSPS) is 11.9. The van der Waals surface area contributed by atoms with Crippen molar-refractivity contribution in [3.8, 4) is 5.75 Å². The lowest BCUT2D eigenvalue weighted by molar-refractivity contribution is -0.131. The zero-order chi connectivity index (χ0) is 13.7. The van der Waals surface area contributed by atoms with Crippen LogP contribution >= 0.6 is 0 Å². The van der Waals surface area contributed by atoms with E-state index in [2.05, 4.69) is 30.5 Å². The van der Waals surface area contributed by atoms with Crippen molar-refractivity contribution in [2.45, 2.75) is 17.6 Å². The molecule has 0 saturated heterocycles. The third-order valence-corrected chi connectivity index (χ3v) is 4.56. The summed E-state index contributed by atoms with van der Waals surface area (Å²) in [6.45, 7) is 1.41. The van der Waals surface area contributed by atoms with Crippen LogP contribution in [-0.4, -0.2) is 12.2 Å². The Labute approximate surface area is 116 Å². The fourth-order valence-electron chi connectivity index (χ4n) is 1.81. The molecule has 2 nitrogen and oxygen atoms in total. The number of benzene rings is 2. The van der Waals surface area contributed by atoms with Crippen LogP contribution in [0.3, 0.4) is 0 Å². The van der Waals surface area contributed by atoms with E-state index < -0.39 is 0 Å². The molecule has 98 valence electrons. The summed E-state index contributed by atoms with van der Waals surface area (Å²) in [6.07, 6.45) is 2.23. The number of carbonyl (C=O) groups is 1. The fraction of sp³-hybridized carbons (Fsp3) is 0.188. The van der Waals surface area contributed by atoms with Gasteiger partial charge in [0.15, 0.2) is 4.90 Å². The molecule has 2 aromatic rings. The van der Waals surface area contributed by atoms with E-state index in [1.165, 1.54) is 17.4 Å². The lowest BCUT2D eigenvalue weighted by atomic mass is 10.2. The quantitative estimate of drug-likeness (QED) is 0.485. The van der Waals surface area contributed by atoms with Gasteiger partial charge in [0, 0.05) is 23.4 Å². The molecular weight excluding hydrogens is 256 g/mol. The Kier molecular flexibility index (Phi) is 4.63. The zero-order valence-corrected chi connectivity index (χ0v) is 11.9. The van der Waals surface area contributed by atoms with Crippen LogP contribution in [0.25, 0.3) is 0 Å². The van der Waals surface area contributed by atoms with Crippen LogP contribution < -0.4 is 4.74 Å². The first-order chi connectivity index (χ1) is 9.15. The van der Waals surface area contributed by atoms with Crippen molar-refractivity contribution in [2.75, 3.05) is 6.26 Å². The highest BCUT2D eigenvalue weighted by atomic mass is 32.2. The standard InChI is InChI=1S/C16H17O2S/c1-13(17)18-15-8-10-16(11-9-15)19(2)12-14-6-4-3-5-7-14/h3-11H,12H2,1-2H3/q+1. The van der Waals surface area contributed by atoms with Gasteiger partial charge in [0.1, 0.15) is 17.8 Å². The predicted molar refractivity (Wildman–Crippen MR) is 79.5 cm³/mol. The molecule has 2 aromatic carbocycles. The minimum absolute atomic E-state index is 0.154. The molecule has 1 atom stereocenters. The van der Waals surface area contributed by atoms with Gasteiger partial charge >= 0.3 is 5.97 Å². The molecular formula is C16H17O2S+. The minimum atomic E-state index is -0.285. The average molecular weight is 273 g/mol. The Morgan fingerprint density at radius 2 is 1.68 bits per heavy atom. The number of esters is 1. The molecule has 0 aliphatic rings. The third kappa shape index (κ3) is 4.14. The molecule has 0 bridgehead atoms. The van der Waals surface area contributed by atoms with Gasteiger partial charge in [0.25, 0.3) is 0 Å². The number of hydrogen-bond acceptors (Lipinski definition) is 2. The van der Waals surface area contributed by atoms with E-state index in [-0.39, 0.29) is 16.9 Å². The highest BCUT2D eigenvalue weighted by Gasteiger charge is 2.16. The maximum absolute atomic E-state index is 10.9. The number of rotatable bonds is 4. The monoisotopic (exact) mass is 273 g/mol. The van der Waals surface area contributed by atoms with Crippen molar-refractivity contribution >= 4 is 16.9 Å². The van der Waals surface area contributed by atoms with Gasteiger partial charge in [-0.15, -0.1) is 0 Å². The van der Waals surface area contributed by atoms with Crippen molar-refractivity contribution in [2.24, 2.45) is 0 Å². The molecule has 1 unspecified atom stereocenters. The van der Waals surface area contributed by atoms with Gasteiger partial charge in [-0.05, 0) is 24.3 Å². The summed E-state index contributed by atoms with van der Waals surface area (Å²) >= 11 is 0. The van der Waals surface area contributed by atoms with Crippen molar-refractivity contribution in [3.05, 3.63) is 60.2 Å². The van der Waals surface area contributed by atoms with Gasteiger partial charge in [-0.1, -0.05) is 30.3 Å². The molecule has 19 heavy (non-hydrogen) atoms. The second-order valence-electron chi connectivity index (χ2n) is 4.33. The van der Waals surface area contributed by atoms with Gasteiger partial charge in [0.05, 0.1) is 0 Å². The largest absolute Gasteiger partial charge is 0.427 e. The first kappa shape index (κ1) is 13.7. The van der Waals surface area contributed by atoms with Gasteiger partial charge in [-0.3, -0.25) is 4.79 Å². The van der Waals surface area contributed by atoms with Crippen LogP contribution in [-0.2, 0) is 21.4 Å². The topological polar surface area (TPSA) is 26.3 Å². The molecule has 0 aromatic heterocycles. The SMILES string of the molecule is CC(=O)Oc1ccc([S+](C)Cc2ccccc2)cc1. The molecule has 3 heteroatoms. The third-order valence-electron chi connectivity index (χ3n) is 2.71. The van der Waals surface area contributed by atoms with E-state index in [1.807, 2.05) is 30.3 Å². The predicted octanol–water partition coefficient (Wildman–Crippen LogP) is 3.42. The van der Waals surface area contributed by atoms with Crippen molar-refractivity contribution in [1.82, 2.24) is 0 Å². The summed E-state index contributed by atoms with van der Waals surface area (Å²) in [6, 6.07) is 18.2. The molecule has 0 aliphatic carbocycles. The highest BCUT2D eigenvalue weighted by molar-refractivity contribution is 7.95. The summed E-state index contributed by atoms with van der Waals surface area (Å²) < 4.78 is 5.03. The molecule has 0 radical (unpaired) electrons. The summed E-state index contributed by atoms with van der Waals surface area (Å²) in [5.41, 5.74) is 1.34.